The molecule has 0 aromatic heterocycles. The summed E-state index contributed by atoms with van der Waals surface area (Å²) in [5, 5.41) is 3.34. The molecule has 0 spiro atoms. The minimum Gasteiger partial charge on any atom is -0.354 e. The molecular formula is C30H36ClN3O4S. The van der Waals surface area contributed by atoms with E-state index < -0.39 is 28.5 Å². The van der Waals surface area contributed by atoms with Gasteiger partial charge in [-0.25, -0.2) is 8.42 Å². The summed E-state index contributed by atoms with van der Waals surface area (Å²) in [5.74, 6) is -0.823. The lowest BCUT2D eigenvalue weighted by Crippen LogP contribution is -2.51. The first-order valence-electron chi connectivity index (χ1n) is 12.9. The first-order valence-corrected chi connectivity index (χ1v) is 14.7. The van der Waals surface area contributed by atoms with Crippen molar-refractivity contribution in [2.75, 3.05) is 17.4 Å². The van der Waals surface area contributed by atoms with Gasteiger partial charge in [0, 0.05) is 18.1 Å². The monoisotopic (exact) mass is 569 g/mol. The number of hydrogen-bond donors (Lipinski definition) is 1. The Hall–Kier alpha value is -3.36. The molecule has 1 N–H and O–H groups in total. The molecule has 3 aromatic carbocycles. The fraction of sp³-hybridized carbons (Fsp3) is 0.333. The zero-order chi connectivity index (χ0) is 28.7. The second-order valence-electron chi connectivity index (χ2n) is 9.73. The van der Waals surface area contributed by atoms with Gasteiger partial charge in [-0.1, -0.05) is 66.0 Å². The van der Waals surface area contributed by atoms with Crippen molar-refractivity contribution < 1.29 is 18.0 Å². The van der Waals surface area contributed by atoms with E-state index in [-0.39, 0.29) is 17.3 Å². The topological polar surface area (TPSA) is 86.8 Å². The second-order valence-corrected chi connectivity index (χ2v) is 12.0. The van der Waals surface area contributed by atoms with Gasteiger partial charge in [0.2, 0.25) is 11.8 Å². The molecule has 7 nitrogen and oxygen atoms in total. The molecule has 0 saturated heterocycles. The molecule has 2 amide bonds. The molecule has 0 saturated carbocycles. The van der Waals surface area contributed by atoms with E-state index in [2.05, 4.69) is 5.32 Å². The maximum absolute atomic E-state index is 14.0. The number of sulfonamides is 1. The van der Waals surface area contributed by atoms with E-state index in [4.69, 9.17) is 11.6 Å². The molecule has 0 aliphatic rings. The Balaban J connectivity index is 2.05. The quantitative estimate of drug-likeness (QED) is 0.335. The van der Waals surface area contributed by atoms with Crippen LogP contribution in [0.15, 0.2) is 71.6 Å². The average molecular weight is 570 g/mol. The zero-order valence-corrected chi connectivity index (χ0v) is 24.6. The van der Waals surface area contributed by atoms with Gasteiger partial charge in [-0.2, -0.15) is 0 Å². The van der Waals surface area contributed by atoms with Crippen LogP contribution in [0.1, 0.15) is 42.5 Å². The predicted octanol–water partition coefficient (Wildman–Crippen LogP) is 5.40. The summed E-state index contributed by atoms with van der Waals surface area (Å²) in [6.07, 6.45) is 0.746. The number of benzene rings is 3. The first kappa shape index (κ1) is 30.2. The van der Waals surface area contributed by atoms with Crippen molar-refractivity contribution in [3.8, 4) is 0 Å². The van der Waals surface area contributed by atoms with E-state index >= 15 is 0 Å². The van der Waals surface area contributed by atoms with Crippen LogP contribution in [-0.4, -0.2) is 44.3 Å². The number of nitrogens with one attached hydrogen (secondary N) is 1. The third-order valence-electron chi connectivity index (χ3n) is 6.47. The van der Waals surface area contributed by atoms with Gasteiger partial charge in [-0.05, 0) is 75.6 Å². The smallest absolute Gasteiger partial charge is 0.264 e. The molecular weight excluding hydrogens is 534 g/mol. The molecule has 0 aliphatic carbocycles. The summed E-state index contributed by atoms with van der Waals surface area (Å²) in [7, 11) is -4.11. The van der Waals surface area contributed by atoms with Gasteiger partial charge in [0.1, 0.15) is 12.6 Å². The third kappa shape index (κ3) is 7.61. The largest absolute Gasteiger partial charge is 0.354 e. The highest BCUT2D eigenvalue weighted by Crippen LogP contribution is 2.28. The number of hydrogen-bond acceptors (Lipinski definition) is 4. The highest BCUT2D eigenvalue weighted by Gasteiger charge is 2.33. The van der Waals surface area contributed by atoms with Crippen LogP contribution in [0.4, 0.5) is 5.69 Å². The number of carbonyl (C=O) groups is 2. The Morgan fingerprint density at radius 1 is 0.949 bits per heavy atom. The number of aryl methyl sites for hydroxylation is 3. The fourth-order valence-electron chi connectivity index (χ4n) is 4.25. The van der Waals surface area contributed by atoms with Crippen LogP contribution in [0, 0.1) is 20.8 Å². The van der Waals surface area contributed by atoms with E-state index in [1.54, 1.807) is 43.3 Å². The van der Waals surface area contributed by atoms with Crippen molar-refractivity contribution in [2.45, 2.75) is 58.5 Å². The van der Waals surface area contributed by atoms with Crippen LogP contribution >= 0.6 is 11.6 Å². The predicted molar refractivity (Wildman–Crippen MR) is 156 cm³/mol. The molecule has 3 rings (SSSR count). The Morgan fingerprint density at radius 2 is 1.62 bits per heavy atom. The van der Waals surface area contributed by atoms with Gasteiger partial charge >= 0.3 is 0 Å². The van der Waals surface area contributed by atoms with Gasteiger partial charge in [0.25, 0.3) is 10.0 Å². The van der Waals surface area contributed by atoms with Crippen molar-refractivity contribution in [2.24, 2.45) is 0 Å². The molecule has 0 bridgehead atoms. The van der Waals surface area contributed by atoms with Crippen molar-refractivity contribution in [3.05, 3.63) is 94.0 Å². The number of amides is 2. The fourth-order valence-corrected chi connectivity index (χ4v) is 5.94. The van der Waals surface area contributed by atoms with Gasteiger partial charge in [0.05, 0.1) is 10.6 Å². The maximum Gasteiger partial charge on any atom is 0.264 e. The van der Waals surface area contributed by atoms with Crippen LogP contribution in [-0.2, 0) is 26.2 Å². The van der Waals surface area contributed by atoms with E-state index in [9.17, 15) is 18.0 Å². The Morgan fingerprint density at radius 3 is 2.23 bits per heavy atom. The number of halogens is 1. The SMILES string of the molecule is CCCNC(=O)[C@@H](C)N(Cc1cccc(Cl)c1)C(=O)CN(c1ccc(C)cc1C)S(=O)(=O)c1ccc(C)cc1. The lowest BCUT2D eigenvalue weighted by molar-refractivity contribution is -0.139. The lowest BCUT2D eigenvalue weighted by Gasteiger charge is -2.32. The van der Waals surface area contributed by atoms with Gasteiger partial charge in [-0.15, -0.1) is 0 Å². The summed E-state index contributed by atoms with van der Waals surface area (Å²) >= 11 is 6.18. The summed E-state index contributed by atoms with van der Waals surface area (Å²) in [4.78, 5) is 28.4. The van der Waals surface area contributed by atoms with E-state index in [1.807, 2.05) is 45.9 Å². The van der Waals surface area contributed by atoms with Crippen molar-refractivity contribution >= 4 is 39.1 Å². The van der Waals surface area contributed by atoms with Crippen molar-refractivity contribution in [1.29, 1.82) is 0 Å². The summed E-state index contributed by atoms with van der Waals surface area (Å²) < 4.78 is 29.0. The summed E-state index contributed by atoms with van der Waals surface area (Å²) in [5.41, 5.74) is 3.74. The summed E-state index contributed by atoms with van der Waals surface area (Å²) in [6, 6.07) is 18.1. The highest BCUT2D eigenvalue weighted by atomic mass is 35.5. The van der Waals surface area contributed by atoms with Gasteiger partial charge in [0.15, 0.2) is 0 Å². The van der Waals surface area contributed by atoms with Crippen LogP contribution in [0.2, 0.25) is 5.02 Å². The highest BCUT2D eigenvalue weighted by molar-refractivity contribution is 7.92. The van der Waals surface area contributed by atoms with E-state index in [0.717, 1.165) is 27.4 Å². The minimum atomic E-state index is -4.11. The Labute approximate surface area is 236 Å². The van der Waals surface area contributed by atoms with Crippen LogP contribution in [0.25, 0.3) is 0 Å². The molecule has 208 valence electrons. The molecule has 0 radical (unpaired) electrons. The molecule has 1 atom stereocenters. The average Bonchev–Trinajstić information content (AvgIpc) is 2.89. The van der Waals surface area contributed by atoms with Gasteiger partial charge < -0.3 is 10.2 Å². The molecule has 3 aromatic rings. The molecule has 0 aliphatic heterocycles. The van der Waals surface area contributed by atoms with Crippen molar-refractivity contribution in [3.63, 3.8) is 0 Å². The Kier molecular flexibility index (Phi) is 10.2. The third-order valence-corrected chi connectivity index (χ3v) is 8.48. The summed E-state index contributed by atoms with van der Waals surface area (Å²) in [6.45, 7) is 9.27. The standard InChI is InChI=1S/C30H36ClN3O4S/c1-6-16-32-30(36)24(5)33(19-25-8-7-9-26(31)18-25)29(35)20-34(28-15-12-22(3)17-23(28)4)39(37,38)27-13-10-21(2)11-14-27/h7-15,17-18,24H,6,16,19-20H2,1-5H3,(H,32,36)/t24-/m1/s1. The zero-order valence-electron chi connectivity index (χ0n) is 23.1. The molecule has 39 heavy (non-hydrogen) atoms. The van der Waals surface area contributed by atoms with Gasteiger partial charge in [-0.3, -0.25) is 13.9 Å². The van der Waals surface area contributed by atoms with Crippen molar-refractivity contribution in [1.82, 2.24) is 10.2 Å². The molecule has 9 heteroatoms. The first-order chi connectivity index (χ1) is 18.4. The van der Waals surface area contributed by atoms with Crippen LogP contribution < -0.4 is 9.62 Å². The number of anilines is 1. The number of rotatable bonds is 11. The molecule has 0 fully saturated rings. The van der Waals surface area contributed by atoms with E-state index in [1.165, 1.54) is 17.0 Å². The normalized spacial score (nSPS) is 12.1. The van der Waals surface area contributed by atoms with E-state index in [0.29, 0.717) is 22.8 Å². The van der Waals surface area contributed by atoms with Crippen LogP contribution in [0.5, 0.6) is 0 Å². The van der Waals surface area contributed by atoms with Crippen LogP contribution in [0.3, 0.4) is 0 Å². The minimum absolute atomic E-state index is 0.0796. The second kappa shape index (κ2) is 13.1. The Bertz CT molecular complexity index is 1420. The lowest BCUT2D eigenvalue weighted by atomic mass is 10.1. The number of carbonyl (C=O) groups excluding carboxylic acids is 2. The maximum atomic E-state index is 14.0. The molecule has 0 heterocycles. The molecule has 0 unspecified atom stereocenters. The number of nitrogens with zero attached hydrogens (tertiary/aromatic N) is 2.